The topological polar surface area (TPSA) is 99.7 Å². The zero-order valence-corrected chi connectivity index (χ0v) is 13.1. The minimum Gasteiger partial charge on any atom is -0.481 e. The summed E-state index contributed by atoms with van der Waals surface area (Å²) in [5.41, 5.74) is -0.783. The molecule has 1 fully saturated rings. The second-order valence-electron chi connectivity index (χ2n) is 6.10. The summed E-state index contributed by atoms with van der Waals surface area (Å²) in [4.78, 5) is 17.8. The Hall–Kier alpha value is -2.48. The molecule has 1 aliphatic heterocycles. The summed E-state index contributed by atoms with van der Waals surface area (Å²) < 4.78 is 18.0. The molecule has 0 radical (unpaired) electrons. The number of carbonyl (C=O) groups is 1. The van der Waals surface area contributed by atoms with Crippen molar-refractivity contribution in [3.8, 4) is 0 Å². The lowest BCUT2D eigenvalue weighted by molar-refractivity contribution is -0.157. The van der Waals surface area contributed by atoms with E-state index in [1.54, 1.807) is 11.8 Å². The summed E-state index contributed by atoms with van der Waals surface area (Å²) in [6.45, 7) is 2.12. The molecule has 2 heterocycles. The van der Waals surface area contributed by atoms with Crippen molar-refractivity contribution < 1.29 is 23.9 Å². The van der Waals surface area contributed by atoms with Gasteiger partial charge in [-0.1, -0.05) is 12.1 Å². The number of aliphatic carboxylic acids is 1. The number of hydrogen-bond donors (Lipinski definition) is 2. The van der Waals surface area contributed by atoms with Gasteiger partial charge in [0.05, 0.1) is 6.10 Å². The normalized spacial score (nSPS) is 24.1. The second-order valence-corrected chi connectivity index (χ2v) is 6.10. The van der Waals surface area contributed by atoms with Crippen LogP contribution in [0.15, 0.2) is 28.8 Å². The van der Waals surface area contributed by atoms with Crippen LogP contribution in [0.4, 0.5) is 10.3 Å². The molecular weight excluding hydrogens is 317 g/mol. The molecule has 2 N–H and O–H groups in total. The number of aryl methyl sites for hydroxylation is 1. The van der Waals surface area contributed by atoms with Crippen LogP contribution in [0.5, 0.6) is 0 Å². The van der Waals surface area contributed by atoms with Crippen LogP contribution in [0.3, 0.4) is 0 Å². The van der Waals surface area contributed by atoms with Crippen LogP contribution >= 0.6 is 0 Å². The summed E-state index contributed by atoms with van der Waals surface area (Å²) >= 11 is 0. The molecule has 24 heavy (non-hydrogen) atoms. The number of benzene rings is 1. The smallest absolute Gasteiger partial charge is 0.314 e. The third-order valence-corrected chi connectivity index (χ3v) is 4.44. The molecule has 1 aromatic carbocycles. The predicted molar refractivity (Wildman–Crippen MR) is 82.0 cm³/mol. The first-order chi connectivity index (χ1) is 11.4. The van der Waals surface area contributed by atoms with Gasteiger partial charge in [-0.2, -0.15) is 4.98 Å². The van der Waals surface area contributed by atoms with E-state index in [0.29, 0.717) is 23.9 Å². The molecule has 0 amide bonds. The van der Waals surface area contributed by atoms with Gasteiger partial charge in [0.2, 0.25) is 5.89 Å². The summed E-state index contributed by atoms with van der Waals surface area (Å²) in [6.07, 6.45) is -0.678. The van der Waals surface area contributed by atoms with Gasteiger partial charge in [-0.15, -0.1) is 0 Å². The van der Waals surface area contributed by atoms with Crippen LogP contribution in [-0.4, -0.2) is 45.5 Å². The lowest BCUT2D eigenvalue weighted by atomic mass is 9.73. The number of piperidine rings is 1. The molecule has 1 saturated heterocycles. The number of carboxylic acids is 1. The molecule has 0 aliphatic carbocycles. The molecule has 128 valence electrons. The molecule has 0 saturated carbocycles. The first kappa shape index (κ1) is 16.4. The Morgan fingerprint density at radius 3 is 2.75 bits per heavy atom. The Kier molecular flexibility index (Phi) is 4.23. The van der Waals surface area contributed by atoms with Gasteiger partial charge < -0.3 is 19.6 Å². The maximum absolute atomic E-state index is 13.1. The van der Waals surface area contributed by atoms with Crippen molar-refractivity contribution >= 4 is 11.9 Å². The summed E-state index contributed by atoms with van der Waals surface area (Å²) in [5, 5.41) is 24.1. The summed E-state index contributed by atoms with van der Waals surface area (Å²) in [5.74, 6) is -0.805. The average Bonchev–Trinajstić information content (AvgIpc) is 2.98. The van der Waals surface area contributed by atoms with Crippen molar-refractivity contribution in [3.05, 3.63) is 41.5 Å². The molecule has 0 spiro atoms. The van der Waals surface area contributed by atoms with Crippen molar-refractivity contribution in [2.24, 2.45) is 5.41 Å². The fourth-order valence-corrected chi connectivity index (χ4v) is 3.09. The molecular formula is C16H18FN3O4. The van der Waals surface area contributed by atoms with E-state index in [0.717, 1.165) is 0 Å². The van der Waals surface area contributed by atoms with Crippen molar-refractivity contribution in [1.82, 2.24) is 10.1 Å². The molecule has 2 aromatic rings. The Balaban J connectivity index is 1.90. The molecule has 1 aromatic heterocycles. The Labute approximate surface area is 137 Å². The van der Waals surface area contributed by atoms with Crippen molar-refractivity contribution in [3.63, 3.8) is 0 Å². The maximum atomic E-state index is 13.1. The van der Waals surface area contributed by atoms with E-state index in [9.17, 15) is 19.4 Å². The van der Waals surface area contributed by atoms with Crippen LogP contribution in [0.1, 0.15) is 17.9 Å². The zero-order valence-electron chi connectivity index (χ0n) is 13.1. The number of aliphatic hydroxyl groups is 1. The number of hydrogen-bond acceptors (Lipinski definition) is 6. The van der Waals surface area contributed by atoms with Gasteiger partial charge >= 0.3 is 5.97 Å². The van der Waals surface area contributed by atoms with Crippen molar-refractivity contribution in [2.45, 2.75) is 25.9 Å². The monoisotopic (exact) mass is 335 g/mol. The van der Waals surface area contributed by atoms with Crippen LogP contribution in [0.2, 0.25) is 0 Å². The van der Waals surface area contributed by atoms with Crippen molar-refractivity contribution in [2.75, 3.05) is 18.0 Å². The molecule has 7 nitrogen and oxygen atoms in total. The first-order valence-electron chi connectivity index (χ1n) is 7.62. The Morgan fingerprint density at radius 1 is 1.46 bits per heavy atom. The third kappa shape index (κ3) is 2.96. The number of carboxylic acid groups (broad SMARTS) is 1. The fourth-order valence-electron chi connectivity index (χ4n) is 3.09. The highest BCUT2D eigenvalue weighted by molar-refractivity contribution is 5.77. The lowest BCUT2D eigenvalue weighted by Crippen LogP contribution is -2.57. The van der Waals surface area contributed by atoms with E-state index >= 15 is 0 Å². The van der Waals surface area contributed by atoms with Crippen molar-refractivity contribution in [1.29, 1.82) is 0 Å². The van der Waals surface area contributed by atoms with Gasteiger partial charge in [-0.25, -0.2) is 4.39 Å². The summed E-state index contributed by atoms with van der Waals surface area (Å²) in [7, 11) is 0. The number of aliphatic hydroxyl groups excluding tert-OH is 1. The Bertz CT molecular complexity index is 733. The zero-order chi connectivity index (χ0) is 17.3. The molecule has 0 unspecified atom stereocenters. The standard InChI is InChI=1S/C16H18FN3O4/c1-10-18-15(19-24-10)20-7-6-13(21)16(9-20,14(22)23)8-11-2-4-12(17)5-3-11/h2-5,13,21H,6-9H2,1H3,(H,22,23)/t13-,16+/m0/s1. The van der Waals surface area contributed by atoms with Gasteiger partial charge in [0.25, 0.3) is 5.95 Å². The number of rotatable bonds is 4. The maximum Gasteiger partial charge on any atom is 0.314 e. The molecule has 2 atom stereocenters. The van der Waals surface area contributed by atoms with Crippen LogP contribution in [0, 0.1) is 18.2 Å². The van der Waals surface area contributed by atoms with Crippen LogP contribution < -0.4 is 4.90 Å². The van der Waals surface area contributed by atoms with Crippen LogP contribution in [-0.2, 0) is 11.2 Å². The predicted octanol–water partition coefficient (Wildman–Crippen LogP) is 1.40. The van der Waals surface area contributed by atoms with E-state index in [2.05, 4.69) is 10.1 Å². The highest BCUT2D eigenvalue weighted by Gasteiger charge is 2.50. The molecule has 3 rings (SSSR count). The van der Waals surface area contributed by atoms with Gasteiger partial charge in [0.15, 0.2) is 0 Å². The van der Waals surface area contributed by atoms with E-state index in [1.807, 2.05) is 0 Å². The van der Waals surface area contributed by atoms with Gasteiger partial charge in [-0.3, -0.25) is 4.79 Å². The van der Waals surface area contributed by atoms with Gasteiger partial charge in [0, 0.05) is 20.0 Å². The lowest BCUT2D eigenvalue weighted by Gasteiger charge is -2.43. The third-order valence-electron chi connectivity index (χ3n) is 4.44. The van der Waals surface area contributed by atoms with E-state index in [4.69, 9.17) is 4.52 Å². The highest BCUT2D eigenvalue weighted by atomic mass is 19.1. The Morgan fingerprint density at radius 2 is 2.17 bits per heavy atom. The number of halogens is 1. The first-order valence-corrected chi connectivity index (χ1v) is 7.62. The van der Waals surface area contributed by atoms with E-state index < -0.39 is 23.3 Å². The minimum atomic E-state index is -1.43. The fraction of sp³-hybridized carbons (Fsp3) is 0.438. The highest BCUT2D eigenvalue weighted by Crippen LogP contribution is 2.36. The molecule has 8 heteroatoms. The summed E-state index contributed by atoms with van der Waals surface area (Å²) in [6, 6.07) is 5.62. The van der Waals surface area contributed by atoms with Crippen LogP contribution in [0.25, 0.3) is 0 Å². The molecule has 0 bridgehead atoms. The number of anilines is 1. The number of aromatic nitrogens is 2. The SMILES string of the molecule is Cc1nc(N2CC[C@H](O)[C@](Cc3ccc(F)cc3)(C(=O)O)C2)no1. The number of nitrogens with zero attached hydrogens (tertiary/aromatic N) is 3. The molecule has 1 aliphatic rings. The quantitative estimate of drug-likeness (QED) is 0.871. The van der Waals surface area contributed by atoms with E-state index in [1.165, 1.54) is 24.3 Å². The van der Waals surface area contributed by atoms with Gasteiger partial charge in [-0.05, 0) is 35.7 Å². The minimum absolute atomic E-state index is 0.0415. The largest absolute Gasteiger partial charge is 0.481 e. The van der Waals surface area contributed by atoms with Gasteiger partial charge in [0.1, 0.15) is 11.2 Å². The average molecular weight is 335 g/mol. The second kappa shape index (κ2) is 6.20. The van der Waals surface area contributed by atoms with E-state index in [-0.39, 0.29) is 19.4 Å².